The predicted octanol–water partition coefficient (Wildman–Crippen LogP) is 0.883. The second kappa shape index (κ2) is 8.10. The maximum atomic E-state index is 11.7. The molecule has 0 saturated carbocycles. The number of carbonyl (C=O) groups is 2. The van der Waals surface area contributed by atoms with Crippen molar-refractivity contribution in [1.29, 1.82) is 0 Å². The molecule has 0 aliphatic carbocycles. The molecule has 0 aliphatic heterocycles. The molecular weight excluding hydrogens is 248 g/mol. The lowest BCUT2D eigenvalue weighted by atomic mass is 10.2. The minimum absolute atomic E-state index is 0.0728. The first-order valence-electron chi connectivity index (χ1n) is 6.09. The first-order valence-corrected chi connectivity index (χ1v) is 6.09. The highest BCUT2D eigenvalue weighted by molar-refractivity contribution is 5.94. The molecule has 0 unspecified atom stereocenters. The summed E-state index contributed by atoms with van der Waals surface area (Å²) >= 11 is 0. The van der Waals surface area contributed by atoms with Crippen LogP contribution in [-0.4, -0.2) is 31.6 Å². The maximum Gasteiger partial charge on any atom is 0.321 e. The molecule has 104 valence electrons. The minimum Gasteiger partial charge on any atom is -0.494 e. The summed E-state index contributed by atoms with van der Waals surface area (Å²) in [6, 6.07) is 6.71. The largest absolute Gasteiger partial charge is 0.494 e. The fourth-order valence-corrected chi connectivity index (χ4v) is 1.35. The van der Waals surface area contributed by atoms with Crippen molar-refractivity contribution in [2.45, 2.75) is 13.8 Å². The van der Waals surface area contributed by atoms with Gasteiger partial charge in [0, 0.05) is 5.56 Å². The summed E-state index contributed by atoms with van der Waals surface area (Å²) in [6.45, 7) is 4.42. The van der Waals surface area contributed by atoms with Crippen molar-refractivity contribution < 1.29 is 19.1 Å². The highest BCUT2D eigenvalue weighted by Gasteiger charge is 2.06. The van der Waals surface area contributed by atoms with E-state index in [1.165, 1.54) is 0 Å². The number of benzene rings is 1. The van der Waals surface area contributed by atoms with Crippen LogP contribution in [0.3, 0.4) is 0 Å². The average molecular weight is 266 g/mol. The van der Waals surface area contributed by atoms with E-state index in [2.05, 4.69) is 10.9 Å². The number of hydrogen-bond acceptors (Lipinski definition) is 5. The topological polar surface area (TPSA) is 76.7 Å². The molecule has 0 aliphatic rings. The molecule has 6 heteroatoms. The van der Waals surface area contributed by atoms with Gasteiger partial charge in [0.05, 0.1) is 13.2 Å². The van der Waals surface area contributed by atoms with Gasteiger partial charge in [-0.3, -0.25) is 15.0 Å². The van der Waals surface area contributed by atoms with Crippen molar-refractivity contribution in [2.24, 2.45) is 0 Å². The van der Waals surface area contributed by atoms with Crippen LogP contribution in [0.5, 0.6) is 5.75 Å². The normalized spacial score (nSPS) is 9.79. The summed E-state index contributed by atoms with van der Waals surface area (Å²) in [5, 5.41) is 0. The third-order valence-corrected chi connectivity index (χ3v) is 2.17. The number of amides is 1. The van der Waals surface area contributed by atoms with Crippen molar-refractivity contribution >= 4 is 11.9 Å². The SMILES string of the molecule is CCOC(=O)CNNC(=O)c1ccc(OCC)cc1. The van der Waals surface area contributed by atoms with E-state index in [-0.39, 0.29) is 12.5 Å². The molecule has 0 radical (unpaired) electrons. The number of ether oxygens (including phenoxy) is 2. The summed E-state index contributed by atoms with van der Waals surface area (Å²) in [6.07, 6.45) is 0. The highest BCUT2D eigenvalue weighted by Crippen LogP contribution is 2.11. The van der Waals surface area contributed by atoms with Gasteiger partial charge in [-0.2, -0.15) is 0 Å². The molecule has 1 aromatic rings. The lowest BCUT2D eigenvalue weighted by Gasteiger charge is -2.07. The molecule has 6 nitrogen and oxygen atoms in total. The zero-order valence-electron chi connectivity index (χ0n) is 11.1. The van der Waals surface area contributed by atoms with E-state index in [1.54, 1.807) is 31.2 Å². The Bertz CT molecular complexity index is 417. The van der Waals surface area contributed by atoms with Crippen LogP contribution in [0.2, 0.25) is 0 Å². The summed E-state index contributed by atoms with van der Waals surface area (Å²) < 4.78 is 9.97. The molecule has 2 N–H and O–H groups in total. The molecule has 1 amide bonds. The van der Waals surface area contributed by atoms with Crippen LogP contribution in [0.4, 0.5) is 0 Å². The second-order valence-electron chi connectivity index (χ2n) is 3.57. The van der Waals surface area contributed by atoms with E-state index >= 15 is 0 Å². The van der Waals surface area contributed by atoms with Crippen molar-refractivity contribution in [3.8, 4) is 5.75 Å². The molecule has 0 saturated heterocycles. The monoisotopic (exact) mass is 266 g/mol. The summed E-state index contributed by atoms with van der Waals surface area (Å²) in [7, 11) is 0. The van der Waals surface area contributed by atoms with Gasteiger partial charge in [0.2, 0.25) is 0 Å². The van der Waals surface area contributed by atoms with Gasteiger partial charge in [0.25, 0.3) is 5.91 Å². The number of carbonyl (C=O) groups excluding carboxylic acids is 2. The van der Waals surface area contributed by atoms with Gasteiger partial charge in [-0.05, 0) is 38.1 Å². The van der Waals surface area contributed by atoms with Crippen LogP contribution in [-0.2, 0) is 9.53 Å². The Morgan fingerprint density at radius 1 is 1.11 bits per heavy atom. The number of esters is 1. The standard InChI is InChI=1S/C13H18N2O4/c1-3-18-11-7-5-10(6-8-11)13(17)15-14-9-12(16)19-4-2/h5-8,14H,3-4,9H2,1-2H3,(H,15,17). The molecular formula is C13H18N2O4. The number of hydrogen-bond donors (Lipinski definition) is 2. The van der Waals surface area contributed by atoms with Crippen molar-refractivity contribution in [2.75, 3.05) is 19.8 Å². The molecule has 0 bridgehead atoms. The Morgan fingerprint density at radius 3 is 2.37 bits per heavy atom. The number of hydrazine groups is 1. The fraction of sp³-hybridized carbons (Fsp3) is 0.385. The Kier molecular flexibility index (Phi) is 6.38. The van der Waals surface area contributed by atoms with E-state index in [0.717, 1.165) is 0 Å². The molecule has 1 rings (SSSR count). The van der Waals surface area contributed by atoms with Crippen LogP contribution < -0.4 is 15.6 Å². The molecule has 0 atom stereocenters. The Morgan fingerprint density at radius 2 is 1.79 bits per heavy atom. The van der Waals surface area contributed by atoms with Crippen LogP contribution in [0, 0.1) is 0 Å². The van der Waals surface area contributed by atoms with E-state index in [4.69, 9.17) is 9.47 Å². The van der Waals surface area contributed by atoms with Crippen molar-refractivity contribution in [3.63, 3.8) is 0 Å². The second-order valence-corrected chi connectivity index (χ2v) is 3.57. The third-order valence-electron chi connectivity index (χ3n) is 2.17. The van der Waals surface area contributed by atoms with E-state index in [0.29, 0.717) is 24.5 Å². The van der Waals surface area contributed by atoms with Gasteiger partial charge in [0.15, 0.2) is 0 Å². The quantitative estimate of drug-likeness (QED) is 0.566. The number of rotatable bonds is 7. The molecule has 0 fully saturated rings. The molecule has 19 heavy (non-hydrogen) atoms. The first kappa shape index (κ1) is 15.0. The van der Waals surface area contributed by atoms with Crippen LogP contribution in [0.15, 0.2) is 24.3 Å². The van der Waals surface area contributed by atoms with Crippen LogP contribution >= 0.6 is 0 Å². The van der Waals surface area contributed by atoms with Crippen molar-refractivity contribution in [1.82, 2.24) is 10.9 Å². The van der Waals surface area contributed by atoms with Gasteiger partial charge in [0.1, 0.15) is 12.3 Å². The lowest BCUT2D eigenvalue weighted by Crippen LogP contribution is -2.40. The van der Waals surface area contributed by atoms with Gasteiger partial charge in [-0.15, -0.1) is 0 Å². The molecule has 0 aromatic heterocycles. The Labute approximate surface area is 112 Å². The zero-order chi connectivity index (χ0) is 14.1. The van der Waals surface area contributed by atoms with Gasteiger partial charge in [-0.25, -0.2) is 5.43 Å². The van der Waals surface area contributed by atoms with E-state index in [9.17, 15) is 9.59 Å². The van der Waals surface area contributed by atoms with Crippen LogP contribution in [0.25, 0.3) is 0 Å². The van der Waals surface area contributed by atoms with Gasteiger partial charge < -0.3 is 9.47 Å². The van der Waals surface area contributed by atoms with Crippen LogP contribution in [0.1, 0.15) is 24.2 Å². The minimum atomic E-state index is -0.422. The Balaban J connectivity index is 2.38. The van der Waals surface area contributed by atoms with E-state index in [1.807, 2.05) is 6.92 Å². The van der Waals surface area contributed by atoms with Gasteiger partial charge in [-0.1, -0.05) is 0 Å². The van der Waals surface area contributed by atoms with Crippen molar-refractivity contribution in [3.05, 3.63) is 29.8 Å². The zero-order valence-corrected chi connectivity index (χ0v) is 11.1. The molecule has 0 heterocycles. The number of nitrogens with one attached hydrogen (secondary N) is 2. The van der Waals surface area contributed by atoms with E-state index < -0.39 is 5.97 Å². The van der Waals surface area contributed by atoms with Gasteiger partial charge >= 0.3 is 5.97 Å². The average Bonchev–Trinajstić information content (AvgIpc) is 2.40. The highest BCUT2D eigenvalue weighted by atomic mass is 16.5. The summed E-state index contributed by atoms with van der Waals surface area (Å²) in [5.74, 6) is -0.0413. The first-order chi connectivity index (χ1) is 9.17. The summed E-state index contributed by atoms with van der Waals surface area (Å²) in [4.78, 5) is 22.7. The predicted molar refractivity (Wildman–Crippen MR) is 69.7 cm³/mol. The lowest BCUT2D eigenvalue weighted by molar-refractivity contribution is -0.142. The molecule has 1 aromatic carbocycles. The summed E-state index contributed by atoms with van der Waals surface area (Å²) in [5.41, 5.74) is 5.38. The smallest absolute Gasteiger partial charge is 0.321 e. The maximum absolute atomic E-state index is 11.7. The third kappa shape index (κ3) is 5.39. The Hall–Kier alpha value is -2.08. The fourth-order valence-electron chi connectivity index (χ4n) is 1.35. The molecule has 0 spiro atoms.